The highest BCUT2D eigenvalue weighted by Crippen LogP contribution is 2.32. The van der Waals surface area contributed by atoms with Crippen molar-refractivity contribution in [3.8, 4) is 17.2 Å². The summed E-state index contributed by atoms with van der Waals surface area (Å²) in [5.41, 5.74) is 3.75. The van der Waals surface area contributed by atoms with E-state index >= 15 is 0 Å². The number of unbranched alkanes of at least 4 members (excludes halogenated alkanes) is 1. The van der Waals surface area contributed by atoms with E-state index in [-0.39, 0.29) is 18.6 Å². The molecule has 0 bridgehead atoms. The van der Waals surface area contributed by atoms with Crippen LogP contribution in [0, 0.1) is 5.92 Å². The third kappa shape index (κ3) is 5.76. The topological polar surface area (TPSA) is 98.2 Å². The smallest absolute Gasteiger partial charge is 0.262 e. The molecule has 188 valence electrons. The van der Waals surface area contributed by atoms with Crippen molar-refractivity contribution in [2.24, 2.45) is 11.0 Å². The molecule has 3 aromatic rings. The second-order valence-corrected chi connectivity index (χ2v) is 8.90. The van der Waals surface area contributed by atoms with Crippen LogP contribution in [0.1, 0.15) is 49.5 Å². The Morgan fingerprint density at radius 1 is 1.08 bits per heavy atom. The minimum Gasteiger partial charge on any atom is -0.493 e. The van der Waals surface area contributed by atoms with Crippen LogP contribution in [0.2, 0.25) is 0 Å². The predicted octanol–water partition coefficient (Wildman–Crippen LogP) is 4.65. The summed E-state index contributed by atoms with van der Waals surface area (Å²) >= 11 is 0. The van der Waals surface area contributed by atoms with Crippen LogP contribution in [-0.2, 0) is 4.79 Å². The van der Waals surface area contributed by atoms with Crippen molar-refractivity contribution >= 4 is 28.8 Å². The maximum absolute atomic E-state index is 13.0. The number of fused-ring (bicyclic) bond motifs is 2. The van der Waals surface area contributed by atoms with Gasteiger partial charge in [-0.25, -0.2) is 5.43 Å². The second kappa shape index (κ2) is 11.6. The summed E-state index contributed by atoms with van der Waals surface area (Å²) in [6.45, 7) is 6.55. The van der Waals surface area contributed by atoms with Gasteiger partial charge in [0.2, 0.25) is 6.79 Å². The van der Waals surface area contributed by atoms with Crippen molar-refractivity contribution in [1.82, 2.24) is 10.7 Å². The fourth-order valence-corrected chi connectivity index (χ4v) is 3.89. The number of benzene rings is 3. The minimum absolute atomic E-state index is 0.123. The Morgan fingerprint density at radius 2 is 1.89 bits per heavy atom. The number of hydrogen-bond donors (Lipinski definition) is 2. The second-order valence-electron chi connectivity index (χ2n) is 8.90. The molecule has 2 amide bonds. The van der Waals surface area contributed by atoms with Crippen molar-refractivity contribution < 1.29 is 23.8 Å². The van der Waals surface area contributed by atoms with Gasteiger partial charge in [0, 0.05) is 11.1 Å². The van der Waals surface area contributed by atoms with Crippen molar-refractivity contribution in [2.45, 2.75) is 39.7 Å². The zero-order valence-corrected chi connectivity index (χ0v) is 20.7. The summed E-state index contributed by atoms with van der Waals surface area (Å²) in [5, 5.41) is 9.04. The molecule has 0 aliphatic carbocycles. The van der Waals surface area contributed by atoms with E-state index in [4.69, 9.17) is 14.2 Å². The lowest BCUT2D eigenvalue weighted by molar-refractivity contribution is -0.123. The Balaban J connectivity index is 1.48. The summed E-state index contributed by atoms with van der Waals surface area (Å²) in [6.07, 6.45) is 3.57. The minimum atomic E-state index is -0.784. The van der Waals surface area contributed by atoms with Gasteiger partial charge in [0.05, 0.1) is 12.8 Å². The lowest BCUT2D eigenvalue weighted by Gasteiger charge is -2.20. The molecule has 1 heterocycles. The highest BCUT2D eigenvalue weighted by atomic mass is 16.7. The van der Waals surface area contributed by atoms with Gasteiger partial charge < -0.3 is 19.5 Å². The Bertz CT molecular complexity index is 1270. The summed E-state index contributed by atoms with van der Waals surface area (Å²) in [5.74, 6) is 0.839. The van der Waals surface area contributed by atoms with Crippen LogP contribution in [0.4, 0.5) is 0 Å². The molecule has 4 rings (SSSR count). The van der Waals surface area contributed by atoms with Crippen LogP contribution in [0.15, 0.2) is 59.7 Å². The average Bonchev–Trinajstić information content (AvgIpc) is 3.36. The molecule has 1 aliphatic rings. The molecule has 0 aromatic heterocycles. The average molecular weight is 490 g/mol. The van der Waals surface area contributed by atoms with Gasteiger partial charge in [-0.2, -0.15) is 5.10 Å². The van der Waals surface area contributed by atoms with E-state index in [1.807, 2.05) is 50.2 Å². The number of hydrogen-bond acceptors (Lipinski definition) is 6. The van der Waals surface area contributed by atoms with Crippen molar-refractivity contribution in [2.75, 3.05) is 13.4 Å². The Labute approximate surface area is 210 Å². The summed E-state index contributed by atoms with van der Waals surface area (Å²) < 4.78 is 16.6. The highest BCUT2D eigenvalue weighted by molar-refractivity contribution is 6.03. The van der Waals surface area contributed by atoms with E-state index in [9.17, 15) is 9.59 Å². The lowest BCUT2D eigenvalue weighted by Crippen LogP contribution is -2.48. The van der Waals surface area contributed by atoms with Crippen LogP contribution >= 0.6 is 0 Å². The Morgan fingerprint density at radius 3 is 2.69 bits per heavy atom. The van der Waals surface area contributed by atoms with Crippen molar-refractivity contribution in [1.29, 1.82) is 0 Å². The van der Waals surface area contributed by atoms with Crippen LogP contribution in [0.25, 0.3) is 10.8 Å². The van der Waals surface area contributed by atoms with E-state index in [0.29, 0.717) is 29.4 Å². The highest BCUT2D eigenvalue weighted by Gasteiger charge is 2.25. The molecule has 0 fully saturated rings. The number of nitrogens with one attached hydrogen (secondary N) is 2. The predicted molar refractivity (Wildman–Crippen MR) is 139 cm³/mol. The van der Waals surface area contributed by atoms with Crippen LogP contribution in [0.3, 0.4) is 0 Å². The van der Waals surface area contributed by atoms with E-state index in [0.717, 1.165) is 29.2 Å². The molecule has 1 unspecified atom stereocenters. The first-order chi connectivity index (χ1) is 17.5. The first-order valence-electron chi connectivity index (χ1n) is 12.2. The van der Waals surface area contributed by atoms with Gasteiger partial charge in [-0.3, -0.25) is 9.59 Å². The number of nitrogens with zero attached hydrogens (tertiary/aromatic N) is 1. The van der Waals surface area contributed by atoms with Crippen LogP contribution in [0.5, 0.6) is 17.2 Å². The molecule has 3 aromatic carbocycles. The van der Waals surface area contributed by atoms with Gasteiger partial charge in [0.25, 0.3) is 11.8 Å². The van der Waals surface area contributed by atoms with Gasteiger partial charge in [-0.15, -0.1) is 0 Å². The van der Waals surface area contributed by atoms with Crippen molar-refractivity contribution in [3.63, 3.8) is 0 Å². The SMILES string of the molecule is CCCCOc1ccc2ccccc2c1C=NNC(=O)C(NC(=O)c1ccc2c(c1)OCO2)C(C)C. The van der Waals surface area contributed by atoms with E-state index < -0.39 is 11.9 Å². The molecular formula is C28H31N3O5. The van der Waals surface area contributed by atoms with Crippen molar-refractivity contribution in [3.05, 3.63) is 65.7 Å². The summed E-state index contributed by atoms with van der Waals surface area (Å²) in [7, 11) is 0. The molecule has 0 spiro atoms. The Hall–Kier alpha value is -4.07. The van der Waals surface area contributed by atoms with E-state index in [2.05, 4.69) is 22.8 Å². The molecule has 8 nitrogen and oxygen atoms in total. The standard InChI is InChI=1S/C28H31N3O5/c1-4-5-14-34-23-12-10-19-8-6-7-9-21(19)22(23)16-29-31-28(33)26(18(2)3)30-27(32)20-11-13-24-25(15-20)36-17-35-24/h6-13,15-16,18,26H,4-5,14,17H2,1-3H3,(H,30,32)(H,31,33). The fraction of sp³-hybridized carbons (Fsp3) is 0.321. The van der Waals surface area contributed by atoms with Gasteiger partial charge in [0.15, 0.2) is 11.5 Å². The van der Waals surface area contributed by atoms with E-state index in [1.165, 1.54) is 0 Å². The number of rotatable bonds is 10. The number of amides is 2. The quantitative estimate of drug-likeness (QED) is 0.245. The summed E-state index contributed by atoms with van der Waals surface area (Å²) in [4.78, 5) is 25.8. The third-order valence-corrected chi connectivity index (χ3v) is 5.93. The molecule has 1 aliphatic heterocycles. The third-order valence-electron chi connectivity index (χ3n) is 5.93. The molecule has 1 atom stereocenters. The molecule has 36 heavy (non-hydrogen) atoms. The molecular weight excluding hydrogens is 458 g/mol. The normalized spacial score (nSPS) is 13.2. The van der Waals surface area contributed by atoms with Gasteiger partial charge in [-0.05, 0) is 47.4 Å². The maximum Gasteiger partial charge on any atom is 0.262 e. The number of hydrazone groups is 1. The van der Waals surface area contributed by atoms with Crippen LogP contribution in [-0.4, -0.2) is 37.5 Å². The largest absolute Gasteiger partial charge is 0.493 e. The summed E-state index contributed by atoms with van der Waals surface area (Å²) in [6, 6.07) is 16.0. The molecule has 8 heteroatoms. The van der Waals surface area contributed by atoms with Gasteiger partial charge in [-0.1, -0.05) is 57.5 Å². The van der Waals surface area contributed by atoms with Gasteiger partial charge >= 0.3 is 0 Å². The Kier molecular flexibility index (Phi) is 8.05. The fourth-order valence-electron chi connectivity index (χ4n) is 3.89. The first-order valence-corrected chi connectivity index (χ1v) is 12.2. The van der Waals surface area contributed by atoms with Gasteiger partial charge in [0.1, 0.15) is 11.8 Å². The monoisotopic (exact) mass is 489 g/mol. The number of carbonyl (C=O) groups is 2. The maximum atomic E-state index is 13.0. The zero-order chi connectivity index (χ0) is 25.5. The van der Waals surface area contributed by atoms with Crippen LogP contribution < -0.4 is 25.0 Å². The number of carbonyl (C=O) groups excluding carboxylic acids is 2. The molecule has 0 saturated carbocycles. The molecule has 0 saturated heterocycles. The number of ether oxygens (including phenoxy) is 3. The lowest BCUT2D eigenvalue weighted by atomic mass is 10.0. The van der Waals surface area contributed by atoms with E-state index in [1.54, 1.807) is 24.4 Å². The molecule has 0 radical (unpaired) electrons. The zero-order valence-electron chi connectivity index (χ0n) is 20.7. The first kappa shape index (κ1) is 25.0. The molecule has 2 N–H and O–H groups in total.